The number of ether oxygens (including phenoxy) is 1. The molecule has 19 heavy (non-hydrogen) atoms. The molecule has 0 amide bonds. The molecule has 1 rings (SSSR count). The fourth-order valence-corrected chi connectivity index (χ4v) is 2.65. The van der Waals surface area contributed by atoms with Gasteiger partial charge in [-0.25, -0.2) is 8.42 Å². The van der Waals surface area contributed by atoms with Crippen LogP contribution in [0.25, 0.3) is 0 Å². The third kappa shape index (κ3) is 4.55. The standard InChI is InChI=1S/C13H19NO4S/c1-5-18-13(15)9-14(19(4,16)17)12-7-10(2)6-11(3)8-12/h6-8H,5,9H2,1-4H3. The van der Waals surface area contributed by atoms with E-state index >= 15 is 0 Å². The number of benzene rings is 1. The summed E-state index contributed by atoms with van der Waals surface area (Å²) in [6.07, 6.45) is 1.07. The molecule has 0 saturated carbocycles. The van der Waals surface area contributed by atoms with Gasteiger partial charge in [-0.1, -0.05) is 6.07 Å². The lowest BCUT2D eigenvalue weighted by molar-refractivity contribution is -0.141. The van der Waals surface area contributed by atoms with E-state index in [0.29, 0.717) is 5.69 Å². The minimum absolute atomic E-state index is 0.225. The van der Waals surface area contributed by atoms with E-state index in [9.17, 15) is 13.2 Å². The van der Waals surface area contributed by atoms with Crippen LogP contribution in [0.4, 0.5) is 5.69 Å². The van der Waals surface area contributed by atoms with E-state index in [1.807, 2.05) is 19.9 Å². The van der Waals surface area contributed by atoms with Crippen molar-refractivity contribution in [2.75, 3.05) is 23.7 Å². The Hall–Kier alpha value is -1.56. The summed E-state index contributed by atoms with van der Waals surface area (Å²) in [6, 6.07) is 5.40. The van der Waals surface area contributed by atoms with Gasteiger partial charge in [0.05, 0.1) is 18.6 Å². The predicted octanol–water partition coefficient (Wildman–Crippen LogP) is 1.63. The lowest BCUT2D eigenvalue weighted by Crippen LogP contribution is -2.35. The zero-order chi connectivity index (χ0) is 14.6. The summed E-state index contributed by atoms with van der Waals surface area (Å²) in [6.45, 7) is 5.35. The van der Waals surface area contributed by atoms with Crippen LogP contribution in [0.3, 0.4) is 0 Å². The molecule has 106 valence electrons. The predicted molar refractivity (Wildman–Crippen MR) is 74.7 cm³/mol. The summed E-state index contributed by atoms with van der Waals surface area (Å²) >= 11 is 0. The highest BCUT2D eigenvalue weighted by atomic mass is 32.2. The van der Waals surface area contributed by atoms with E-state index < -0.39 is 16.0 Å². The molecule has 0 unspecified atom stereocenters. The van der Waals surface area contributed by atoms with Gasteiger partial charge in [0, 0.05) is 0 Å². The zero-order valence-electron chi connectivity index (χ0n) is 11.6. The molecule has 0 saturated heterocycles. The van der Waals surface area contributed by atoms with Gasteiger partial charge < -0.3 is 4.74 Å². The minimum Gasteiger partial charge on any atom is -0.465 e. The number of esters is 1. The number of anilines is 1. The van der Waals surface area contributed by atoms with Crippen molar-refractivity contribution in [3.8, 4) is 0 Å². The maximum Gasteiger partial charge on any atom is 0.326 e. The second kappa shape index (κ2) is 6.06. The van der Waals surface area contributed by atoms with Crippen LogP contribution >= 0.6 is 0 Å². The lowest BCUT2D eigenvalue weighted by Gasteiger charge is -2.22. The number of carbonyl (C=O) groups is 1. The first-order chi connectivity index (χ1) is 8.74. The second-order valence-corrected chi connectivity index (χ2v) is 6.33. The van der Waals surface area contributed by atoms with Crippen molar-refractivity contribution in [2.45, 2.75) is 20.8 Å². The Balaban J connectivity index is 3.14. The van der Waals surface area contributed by atoms with Crippen molar-refractivity contribution in [3.63, 3.8) is 0 Å². The average Bonchev–Trinajstić information content (AvgIpc) is 2.23. The number of hydrogen-bond donors (Lipinski definition) is 0. The Bertz CT molecular complexity index is 546. The minimum atomic E-state index is -3.53. The van der Waals surface area contributed by atoms with Crippen molar-refractivity contribution >= 4 is 21.7 Å². The fraction of sp³-hybridized carbons (Fsp3) is 0.462. The van der Waals surface area contributed by atoms with Gasteiger partial charge in [0.15, 0.2) is 0 Å². The molecule has 0 fully saturated rings. The van der Waals surface area contributed by atoms with Crippen molar-refractivity contribution in [1.29, 1.82) is 0 Å². The van der Waals surface area contributed by atoms with Gasteiger partial charge in [-0.3, -0.25) is 9.10 Å². The SMILES string of the molecule is CCOC(=O)CN(c1cc(C)cc(C)c1)S(C)(=O)=O. The summed E-state index contributed by atoms with van der Waals surface area (Å²) in [7, 11) is -3.53. The molecule has 0 aliphatic rings. The van der Waals surface area contributed by atoms with Crippen molar-refractivity contribution < 1.29 is 17.9 Å². The largest absolute Gasteiger partial charge is 0.465 e. The number of hydrogen-bond acceptors (Lipinski definition) is 4. The van der Waals surface area contributed by atoms with E-state index in [-0.39, 0.29) is 13.2 Å². The Morgan fingerprint density at radius 3 is 2.16 bits per heavy atom. The number of nitrogens with zero attached hydrogens (tertiary/aromatic N) is 1. The van der Waals surface area contributed by atoms with Gasteiger partial charge in [0.25, 0.3) is 0 Å². The average molecular weight is 285 g/mol. The number of rotatable bonds is 5. The first-order valence-corrected chi connectivity index (χ1v) is 7.80. The molecule has 5 nitrogen and oxygen atoms in total. The second-order valence-electron chi connectivity index (χ2n) is 4.42. The van der Waals surface area contributed by atoms with Crippen molar-refractivity contribution in [3.05, 3.63) is 29.3 Å². The molecular formula is C13H19NO4S. The molecule has 1 aromatic rings. The molecule has 0 aromatic heterocycles. The van der Waals surface area contributed by atoms with Crippen LogP contribution in [0.15, 0.2) is 18.2 Å². The number of sulfonamides is 1. The maximum absolute atomic E-state index is 11.8. The first kappa shape index (κ1) is 15.5. The zero-order valence-corrected chi connectivity index (χ0v) is 12.5. The molecule has 0 spiro atoms. The van der Waals surface area contributed by atoms with Gasteiger partial charge in [-0.15, -0.1) is 0 Å². The summed E-state index contributed by atoms with van der Waals surface area (Å²) in [5.74, 6) is -0.563. The third-order valence-electron chi connectivity index (χ3n) is 2.47. The van der Waals surface area contributed by atoms with Gasteiger partial charge in [0.2, 0.25) is 10.0 Å². The quantitative estimate of drug-likeness (QED) is 0.771. The van der Waals surface area contributed by atoms with E-state index in [1.54, 1.807) is 19.1 Å². The first-order valence-electron chi connectivity index (χ1n) is 5.95. The molecule has 0 aliphatic heterocycles. The van der Waals surface area contributed by atoms with Gasteiger partial charge >= 0.3 is 5.97 Å². The number of carbonyl (C=O) groups excluding carboxylic acids is 1. The van der Waals surface area contributed by atoms with Gasteiger partial charge in [-0.2, -0.15) is 0 Å². The summed E-state index contributed by atoms with van der Waals surface area (Å²) in [4.78, 5) is 11.5. The maximum atomic E-state index is 11.8. The molecule has 0 bridgehead atoms. The third-order valence-corrected chi connectivity index (χ3v) is 3.61. The Morgan fingerprint density at radius 2 is 1.74 bits per heavy atom. The van der Waals surface area contributed by atoms with Crippen LogP contribution in [0.2, 0.25) is 0 Å². The van der Waals surface area contributed by atoms with Crippen LogP contribution in [0, 0.1) is 13.8 Å². The van der Waals surface area contributed by atoms with Crippen LogP contribution < -0.4 is 4.31 Å². The molecule has 0 N–H and O–H groups in total. The summed E-state index contributed by atoms with van der Waals surface area (Å²) in [5, 5.41) is 0. The monoisotopic (exact) mass is 285 g/mol. The molecule has 0 heterocycles. The summed E-state index contributed by atoms with van der Waals surface area (Å²) < 4.78 is 29.5. The molecule has 0 radical (unpaired) electrons. The molecular weight excluding hydrogens is 266 g/mol. The number of aryl methyl sites for hydroxylation is 2. The highest BCUT2D eigenvalue weighted by molar-refractivity contribution is 7.92. The van der Waals surface area contributed by atoms with Gasteiger partial charge in [0.1, 0.15) is 6.54 Å². The van der Waals surface area contributed by atoms with Crippen molar-refractivity contribution in [1.82, 2.24) is 0 Å². The lowest BCUT2D eigenvalue weighted by atomic mass is 10.1. The van der Waals surface area contributed by atoms with Crippen LogP contribution in [-0.2, 0) is 19.6 Å². The highest BCUT2D eigenvalue weighted by Gasteiger charge is 2.21. The molecule has 1 aromatic carbocycles. The summed E-state index contributed by atoms with van der Waals surface area (Å²) in [5.41, 5.74) is 2.35. The molecule has 0 atom stereocenters. The molecule has 6 heteroatoms. The normalized spacial score (nSPS) is 11.2. The topological polar surface area (TPSA) is 63.7 Å². The Kier molecular flexibility index (Phi) is 4.94. The Morgan fingerprint density at radius 1 is 1.21 bits per heavy atom. The van der Waals surface area contributed by atoms with Gasteiger partial charge in [-0.05, 0) is 44.0 Å². The smallest absolute Gasteiger partial charge is 0.326 e. The molecule has 0 aliphatic carbocycles. The van der Waals surface area contributed by atoms with Crippen LogP contribution in [-0.4, -0.2) is 33.8 Å². The van der Waals surface area contributed by atoms with E-state index in [1.165, 1.54) is 0 Å². The fourth-order valence-electron chi connectivity index (χ4n) is 1.82. The van der Waals surface area contributed by atoms with Crippen molar-refractivity contribution in [2.24, 2.45) is 0 Å². The van der Waals surface area contributed by atoms with E-state index in [0.717, 1.165) is 21.7 Å². The van der Waals surface area contributed by atoms with E-state index in [4.69, 9.17) is 4.74 Å². The van der Waals surface area contributed by atoms with Crippen LogP contribution in [0.1, 0.15) is 18.1 Å². The Labute approximate surface area is 114 Å². The van der Waals surface area contributed by atoms with Crippen LogP contribution in [0.5, 0.6) is 0 Å². The highest BCUT2D eigenvalue weighted by Crippen LogP contribution is 2.21. The van der Waals surface area contributed by atoms with E-state index in [2.05, 4.69) is 0 Å².